The lowest BCUT2D eigenvalue weighted by molar-refractivity contribution is 0.0961. The molecule has 4 aromatic rings. The van der Waals surface area contributed by atoms with Crippen LogP contribution in [0.4, 0.5) is 21.6 Å². The van der Waals surface area contributed by atoms with Gasteiger partial charge in [0.2, 0.25) is 0 Å². The van der Waals surface area contributed by atoms with Gasteiger partial charge in [-0.25, -0.2) is 9.37 Å². The van der Waals surface area contributed by atoms with E-state index in [0.29, 0.717) is 17.1 Å². The molecule has 0 fully saturated rings. The zero-order valence-corrected chi connectivity index (χ0v) is 18.7. The van der Waals surface area contributed by atoms with Crippen molar-refractivity contribution in [2.24, 2.45) is 0 Å². The van der Waals surface area contributed by atoms with Gasteiger partial charge < -0.3 is 16.0 Å². The molecule has 2 amide bonds. The Kier molecular flexibility index (Phi) is 6.64. The van der Waals surface area contributed by atoms with E-state index in [4.69, 9.17) is 0 Å². The summed E-state index contributed by atoms with van der Waals surface area (Å²) in [5, 5.41) is 8.52. The second-order valence-corrected chi connectivity index (χ2v) is 7.69. The van der Waals surface area contributed by atoms with Crippen LogP contribution in [0.1, 0.15) is 26.3 Å². The molecule has 0 saturated carbocycles. The summed E-state index contributed by atoms with van der Waals surface area (Å²) in [6, 6.07) is 22.6. The fourth-order valence-corrected chi connectivity index (χ4v) is 3.48. The van der Waals surface area contributed by atoms with Crippen LogP contribution in [0.3, 0.4) is 0 Å². The Balaban J connectivity index is 1.69. The molecule has 1 heterocycles. The number of pyridine rings is 1. The standard InChI is InChI=1S/C27H23FN4O2/c1-17-8-6-7-11-23(17)31-25-24(15-21(16-30-25)26(33)29-2)32-27(34)20-12-19(13-22(28)14-20)18-9-4-3-5-10-18/h3-16H,1-2H3,(H,29,33)(H,30,31)(H,32,34). The highest BCUT2D eigenvalue weighted by molar-refractivity contribution is 6.07. The van der Waals surface area contributed by atoms with Crippen LogP contribution in [0.25, 0.3) is 11.1 Å². The molecule has 0 spiro atoms. The van der Waals surface area contributed by atoms with Crippen molar-refractivity contribution in [2.45, 2.75) is 6.92 Å². The highest BCUT2D eigenvalue weighted by atomic mass is 19.1. The molecule has 0 radical (unpaired) electrons. The Bertz CT molecular complexity index is 1360. The molecule has 1 aromatic heterocycles. The minimum absolute atomic E-state index is 0.144. The molecule has 0 unspecified atom stereocenters. The van der Waals surface area contributed by atoms with E-state index in [-0.39, 0.29) is 17.0 Å². The number of halogens is 1. The predicted octanol–water partition coefficient (Wildman–Crippen LogP) is 5.55. The summed E-state index contributed by atoms with van der Waals surface area (Å²) in [5.74, 6) is -1.04. The molecule has 0 bridgehead atoms. The van der Waals surface area contributed by atoms with Crippen molar-refractivity contribution in [3.8, 4) is 11.1 Å². The monoisotopic (exact) mass is 454 g/mol. The first-order chi connectivity index (χ1) is 16.4. The van der Waals surface area contributed by atoms with Crippen molar-refractivity contribution >= 4 is 29.0 Å². The van der Waals surface area contributed by atoms with Gasteiger partial charge in [0.1, 0.15) is 5.82 Å². The summed E-state index contributed by atoms with van der Waals surface area (Å²) >= 11 is 0. The van der Waals surface area contributed by atoms with Gasteiger partial charge in [0.25, 0.3) is 11.8 Å². The van der Waals surface area contributed by atoms with Crippen molar-refractivity contribution < 1.29 is 14.0 Å². The number of nitrogens with zero attached hydrogens (tertiary/aromatic N) is 1. The lowest BCUT2D eigenvalue weighted by atomic mass is 10.0. The van der Waals surface area contributed by atoms with Crippen LogP contribution < -0.4 is 16.0 Å². The number of rotatable bonds is 6. The lowest BCUT2D eigenvalue weighted by Crippen LogP contribution is -2.20. The van der Waals surface area contributed by atoms with E-state index in [1.807, 2.05) is 61.5 Å². The van der Waals surface area contributed by atoms with Crippen LogP contribution >= 0.6 is 0 Å². The van der Waals surface area contributed by atoms with Gasteiger partial charge in [-0.3, -0.25) is 9.59 Å². The fourth-order valence-electron chi connectivity index (χ4n) is 3.48. The van der Waals surface area contributed by atoms with Crippen LogP contribution in [0.15, 0.2) is 85.1 Å². The predicted molar refractivity (Wildman–Crippen MR) is 132 cm³/mol. The normalized spacial score (nSPS) is 10.4. The number of aromatic nitrogens is 1. The first kappa shape index (κ1) is 22.7. The van der Waals surface area contributed by atoms with Crippen LogP contribution in [0, 0.1) is 12.7 Å². The van der Waals surface area contributed by atoms with E-state index < -0.39 is 11.7 Å². The Morgan fingerprint density at radius 1 is 0.794 bits per heavy atom. The highest BCUT2D eigenvalue weighted by Gasteiger charge is 2.16. The first-order valence-corrected chi connectivity index (χ1v) is 10.7. The number of benzene rings is 3. The number of para-hydroxylation sites is 1. The first-order valence-electron chi connectivity index (χ1n) is 10.7. The maximum Gasteiger partial charge on any atom is 0.255 e. The highest BCUT2D eigenvalue weighted by Crippen LogP contribution is 2.28. The van der Waals surface area contributed by atoms with Crippen LogP contribution in [0.5, 0.6) is 0 Å². The van der Waals surface area contributed by atoms with E-state index in [1.165, 1.54) is 31.4 Å². The van der Waals surface area contributed by atoms with Gasteiger partial charge in [0.05, 0.1) is 11.3 Å². The Morgan fingerprint density at radius 3 is 2.26 bits per heavy atom. The van der Waals surface area contributed by atoms with Crippen molar-refractivity contribution in [2.75, 3.05) is 17.7 Å². The molecule has 3 aromatic carbocycles. The molecule has 4 rings (SSSR count). The van der Waals surface area contributed by atoms with Gasteiger partial charge in [0.15, 0.2) is 5.82 Å². The Hall–Kier alpha value is -4.52. The van der Waals surface area contributed by atoms with Crippen LogP contribution in [-0.2, 0) is 0 Å². The average Bonchev–Trinajstić information content (AvgIpc) is 2.86. The third kappa shape index (κ3) is 5.10. The Morgan fingerprint density at radius 2 is 1.53 bits per heavy atom. The fraction of sp³-hybridized carbons (Fsp3) is 0.0741. The number of carbonyl (C=O) groups excluding carboxylic acids is 2. The minimum Gasteiger partial charge on any atom is -0.355 e. The number of aryl methyl sites for hydroxylation is 1. The van der Waals surface area contributed by atoms with Gasteiger partial charge in [-0.15, -0.1) is 0 Å². The summed E-state index contributed by atoms with van der Waals surface area (Å²) < 4.78 is 14.4. The van der Waals surface area contributed by atoms with Crippen molar-refractivity contribution in [1.29, 1.82) is 0 Å². The van der Waals surface area contributed by atoms with Crippen LogP contribution in [0.2, 0.25) is 0 Å². The summed E-state index contributed by atoms with van der Waals surface area (Å²) in [7, 11) is 1.51. The number of carbonyl (C=O) groups is 2. The quantitative estimate of drug-likeness (QED) is 0.357. The molecular formula is C27H23FN4O2. The van der Waals surface area contributed by atoms with E-state index in [1.54, 1.807) is 6.07 Å². The molecular weight excluding hydrogens is 431 g/mol. The number of amides is 2. The van der Waals surface area contributed by atoms with Crippen molar-refractivity contribution in [3.05, 3.63) is 108 Å². The Labute approximate surface area is 196 Å². The molecule has 0 saturated heterocycles. The van der Waals surface area contributed by atoms with Gasteiger partial charge in [-0.05, 0) is 53.9 Å². The second kappa shape index (κ2) is 9.95. The van der Waals surface area contributed by atoms with E-state index in [2.05, 4.69) is 20.9 Å². The van der Waals surface area contributed by atoms with Crippen LogP contribution in [-0.4, -0.2) is 23.8 Å². The van der Waals surface area contributed by atoms with Crippen molar-refractivity contribution in [1.82, 2.24) is 10.3 Å². The van der Waals surface area contributed by atoms with Gasteiger partial charge in [0, 0.05) is 24.5 Å². The van der Waals surface area contributed by atoms with Crippen molar-refractivity contribution in [3.63, 3.8) is 0 Å². The summed E-state index contributed by atoms with van der Waals surface area (Å²) in [4.78, 5) is 29.6. The average molecular weight is 455 g/mol. The minimum atomic E-state index is -0.527. The molecule has 0 aliphatic rings. The molecule has 3 N–H and O–H groups in total. The van der Waals surface area contributed by atoms with Gasteiger partial charge in [-0.2, -0.15) is 0 Å². The molecule has 34 heavy (non-hydrogen) atoms. The van der Waals surface area contributed by atoms with Gasteiger partial charge >= 0.3 is 0 Å². The second-order valence-electron chi connectivity index (χ2n) is 7.69. The molecule has 0 aliphatic carbocycles. The number of nitrogens with one attached hydrogen (secondary N) is 3. The third-order valence-electron chi connectivity index (χ3n) is 5.29. The largest absolute Gasteiger partial charge is 0.355 e. The molecule has 170 valence electrons. The number of hydrogen-bond donors (Lipinski definition) is 3. The summed E-state index contributed by atoms with van der Waals surface area (Å²) in [6.07, 6.45) is 1.42. The molecule has 7 heteroatoms. The third-order valence-corrected chi connectivity index (χ3v) is 5.29. The zero-order valence-electron chi connectivity index (χ0n) is 18.7. The molecule has 0 aliphatic heterocycles. The maximum atomic E-state index is 14.4. The molecule has 0 atom stereocenters. The van der Waals surface area contributed by atoms with Gasteiger partial charge in [-0.1, -0.05) is 48.5 Å². The lowest BCUT2D eigenvalue weighted by Gasteiger charge is -2.15. The smallest absolute Gasteiger partial charge is 0.255 e. The van der Waals surface area contributed by atoms with E-state index in [0.717, 1.165) is 16.8 Å². The van der Waals surface area contributed by atoms with E-state index in [9.17, 15) is 14.0 Å². The maximum absolute atomic E-state index is 14.4. The SMILES string of the molecule is CNC(=O)c1cnc(Nc2ccccc2C)c(NC(=O)c2cc(F)cc(-c3ccccc3)c2)c1. The van der Waals surface area contributed by atoms with E-state index >= 15 is 0 Å². The topological polar surface area (TPSA) is 83.1 Å². The zero-order chi connectivity index (χ0) is 24.1. The number of hydrogen-bond acceptors (Lipinski definition) is 4. The number of anilines is 3. The summed E-state index contributed by atoms with van der Waals surface area (Å²) in [5.41, 5.74) is 3.87. The summed E-state index contributed by atoms with van der Waals surface area (Å²) in [6.45, 7) is 1.94. The molecule has 6 nitrogen and oxygen atoms in total.